The molecule has 2 atom stereocenters. The van der Waals surface area contributed by atoms with Gasteiger partial charge in [-0.25, -0.2) is 0 Å². The number of piperazine rings is 1. The van der Waals surface area contributed by atoms with Gasteiger partial charge in [-0.05, 0) is 31.4 Å². The number of nitrogens with one attached hydrogen (secondary N) is 1. The van der Waals surface area contributed by atoms with Crippen molar-refractivity contribution in [3.8, 4) is 5.75 Å². The Morgan fingerprint density at radius 3 is 2.69 bits per heavy atom. The molecule has 6 heteroatoms. The lowest BCUT2D eigenvalue weighted by atomic mass is 9.95. The molecule has 0 saturated carbocycles. The summed E-state index contributed by atoms with van der Waals surface area (Å²) < 4.78 is 5.76. The lowest BCUT2D eigenvalue weighted by molar-refractivity contribution is -0.138. The Hall–Kier alpha value is -2.08. The van der Waals surface area contributed by atoms with Crippen LogP contribution in [0.3, 0.4) is 0 Å². The molecule has 3 rings (SSSR count). The van der Waals surface area contributed by atoms with Gasteiger partial charge in [0.15, 0.2) is 0 Å². The number of rotatable bonds is 5. The summed E-state index contributed by atoms with van der Waals surface area (Å²) in [6.45, 7) is 7.76. The van der Waals surface area contributed by atoms with Crippen LogP contribution in [0.1, 0.15) is 25.8 Å². The molecular formula is C20H29N3O3. The normalized spacial score (nSPS) is 21.5. The summed E-state index contributed by atoms with van der Waals surface area (Å²) in [5.74, 6) is 1.03. The van der Waals surface area contributed by atoms with Crippen molar-refractivity contribution in [2.45, 2.75) is 32.7 Å². The Bertz CT molecular complexity index is 641. The van der Waals surface area contributed by atoms with E-state index in [0.29, 0.717) is 26.2 Å². The van der Waals surface area contributed by atoms with Gasteiger partial charge in [-0.3, -0.25) is 14.5 Å². The molecule has 142 valence electrons. The van der Waals surface area contributed by atoms with E-state index in [2.05, 4.69) is 17.1 Å². The van der Waals surface area contributed by atoms with E-state index in [1.807, 2.05) is 36.1 Å². The van der Waals surface area contributed by atoms with E-state index >= 15 is 0 Å². The Balaban J connectivity index is 1.46. The van der Waals surface area contributed by atoms with Gasteiger partial charge in [0.25, 0.3) is 0 Å². The minimum absolute atomic E-state index is 0.0661. The Kier molecular flexibility index (Phi) is 6.14. The van der Waals surface area contributed by atoms with Crippen LogP contribution < -0.4 is 10.1 Å². The molecule has 2 heterocycles. The molecule has 2 aliphatic heterocycles. The zero-order valence-corrected chi connectivity index (χ0v) is 15.7. The third-order valence-corrected chi connectivity index (χ3v) is 5.30. The zero-order valence-electron chi connectivity index (χ0n) is 15.7. The molecular weight excluding hydrogens is 330 g/mol. The average molecular weight is 359 g/mol. The van der Waals surface area contributed by atoms with E-state index in [0.717, 1.165) is 37.2 Å². The highest BCUT2D eigenvalue weighted by molar-refractivity contribution is 5.80. The molecule has 0 aliphatic carbocycles. The highest BCUT2D eigenvalue weighted by atomic mass is 16.5. The van der Waals surface area contributed by atoms with Gasteiger partial charge in [0.1, 0.15) is 12.4 Å². The van der Waals surface area contributed by atoms with E-state index in [4.69, 9.17) is 4.74 Å². The molecule has 0 bridgehead atoms. The molecule has 0 radical (unpaired) electrons. The summed E-state index contributed by atoms with van der Waals surface area (Å²) >= 11 is 0. The summed E-state index contributed by atoms with van der Waals surface area (Å²) in [5.41, 5.74) is 1.11. The summed E-state index contributed by atoms with van der Waals surface area (Å²) in [5, 5.41) is 2.99. The van der Waals surface area contributed by atoms with Crippen LogP contribution in [0.15, 0.2) is 24.3 Å². The molecule has 1 fully saturated rings. The van der Waals surface area contributed by atoms with Crippen LogP contribution in [0, 0.1) is 5.92 Å². The molecule has 1 saturated heterocycles. The van der Waals surface area contributed by atoms with E-state index < -0.39 is 0 Å². The zero-order chi connectivity index (χ0) is 18.5. The smallest absolute Gasteiger partial charge is 0.234 e. The van der Waals surface area contributed by atoms with Crippen molar-refractivity contribution in [1.82, 2.24) is 15.1 Å². The Morgan fingerprint density at radius 1 is 1.23 bits per heavy atom. The number of carbonyl (C=O) groups is 2. The number of amides is 2. The second-order valence-electron chi connectivity index (χ2n) is 7.30. The van der Waals surface area contributed by atoms with Gasteiger partial charge < -0.3 is 15.0 Å². The fourth-order valence-electron chi connectivity index (χ4n) is 3.50. The minimum atomic E-state index is -0.106. The lowest BCUT2D eigenvalue weighted by Gasteiger charge is -2.37. The Labute approximate surface area is 155 Å². The van der Waals surface area contributed by atoms with Crippen molar-refractivity contribution in [3.05, 3.63) is 29.8 Å². The highest BCUT2D eigenvalue weighted by Gasteiger charge is 2.31. The maximum Gasteiger partial charge on any atom is 0.234 e. The number of ether oxygens (including phenoxy) is 1. The van der Waals surface area contributed by atoms with Gasteiger partial charge >= 0.3 is 0 Å². The maximum atomic E-state index is 12.8. The topological polar surface area (TPSA) is 61.9 Å². The van der Waals surface area contributed by atoms with Crippen LogP contribution in [-0.4, -0.2) is 67.0 Å². The maximum absolute atomic E-state index is 12.8. The second kappa shape index (κ2) is 8.54. The van der Waals surface area contributed by atoms with Gasteiger partial charge in [-0.15, -0.1) is 0 Å². The molecule has 2 amide bonds. The number of fused-ring (bicyclic) bond motifs is 1. The van der Waals surface area contributed by atoms with Gasteiger partial charge in [0, 0.05) is 32.2 Å². The van der Waals surface area contributed by atoms with Crippen molar-refractivity contribution in [1.29, 1.82) is 0 Å². The number of nitrogens with zero attached hydrogens (tertiary/aromatic N) is 2. The van der Waals surface area contributed by atoms with Crippen LogP contribution in [0.2, 0.25) is 0 Å². The molecule has 2 aliphatic rings. The van der Waals surface area contributed by atoms with Crippen LogP contribution in [0.5, 0.6) is 5.75 Å². The molecule has 26 heavy (non-hydrogen) atoms. The largest absolute Gasteiger partial charge is 0.492 e. The number of hydrogen-bond donors (Lipinski definition) is 1. The first-order valence-electron chi connectivity index (χ1n) is 9.58. The third kappa shape index (κ3) is 4.55. The van der Waals surface area contributed by atoms with Crippen molar-refractivity contribution in [2.24, 2.45) is 5.92 Å². The fourth-order valence-corrected chi connectivity index (χ4v) is 3.50. The fraction of sp³-hybridized carbons (Fsp3) is 0.600. The summed E-state index contributed by atoms with van der Waals surface area (Å²) in [6, 6.07) is 8.14. The predicted molar refractivity (Wildman–Crippen MR) is 100 cm³/mol. The molecule has 0 spiro atoms. The molecule has 1 aromatic rings. The van der Waals surface area contributed by atoms with Crippen molar-refractivity contribution >= 4 is 11.8 Å². The van der Waals surface area contributed by atoms with Crippen LogP contribution >= 0.6 is 0 Å². The number of benzene rings is 1. The van der Waals surface area contributed by atoms with Crippen molar-refractivity contribution < 1.29 is 14.3 Å². The van der Waals surface area contributed by atoms with Crippen molar-refractivity contribution in [2.75, 3.05) is 39.3 Å². The third-order valence-electron chi connectivity index (χ3n) is 5.30. The number of carbonyl (C=O) groups excluding carboxylic acids is 2. The second-order valence-corrected chi connectivity index (χ2v) is 7.30. The van der Waals surface area contributed by atoms with Gasteiger partial charge in [-0.2, -0.15) is 0 Å². The van der Waals surface area contributed by atoms with E-state index in [1.54, 1.807) is 0 Å². The van der Waals surface area contributed by atoms with Crippen LogP contribution in [0.4, 0.5) is 0 Å². The van der Waals surface area contributed by atoms with Crippen LogP contribution in [0.25, 0.3) is 0 Å². The Morgan fingerprint density at radius 2 is 1.96 bits per heavy atom. The highest BCUT2D eigenvalue weighted by Crippen LogP contribution is 2.27. The molecule has 1 aromatic carbocycles. The van der Waals surface area contributed by atoms with E-state index in [-0.39, 0.29) is 23.8 Å². The van der Waals surface area contributed by atoms with E-state index in [9.17, 15) is 9.59 Å². The monoisotopic (exact) mass is 359 g/mol. The first-order chi connectivity index (χ1) is 12.6. The minimum Gasteiger partial charge on any atom is -0.492 e. The number of hydrogen-bond acceptors (Lipinski definition) is 4. The first-order valence-corrected chi connectivity index (χ1v) is 9.58. The summed E-state index contributed by atoms with van der Waals surface area (Å²) in [6.07, 6.45) is 1.67. The van der Waals surface area contributed by atoms with E-state index in [1.165, 1.54) is 0 Å². The van der Waals surface area contributed by atoms with Gasteiger partial charge in [-0.1, -0.05) is 25.1 Å². The van der Waals surface area contributed by atoms with Gasteiger partial charge in [0.2, 0.25) is 11.8 Å². The molecule has 6 nitrogen and oxygen atoms in total. The van der Waals surface area contributed by atoms with Gasteiger partial charge in [0.05, 0.1) is 12.5 Å². The van der Waals surface area contributed by atoms with Crippen LogP contribution in [-0.2, 0) is 16.0 Å². The summed E-state index contributed by atoms with van der Waals surface area (Å²) in [4.78, 5) is 28.9. The molecule has 2 unspecified atom stereocenters. The molecule has 0 aromatic heterocycles. The van der Waals surface area contributed by atoms with Crippen molar-refractivity contribution in [3.63, 3.8) is 0 Å². The standard InChI is InChI=1S/C20H29N3O3/c1-3-15(2)21-19(24)13-22-8-10-23(11-9-22)20(25)17-12-16-6-4-5-7-18(16)26-14-17/h4-7,15,17H,3,8-14H2,1-2H3,(H,21,24). The summed E-state index contributed by atoms with van der Waals surface area (Å²) in [7, 11) is 0. The lowest BCUT2D eigenvalue weighted by Crippen LogP contribution is -2.53. The quantitative estimate of drug-likeness (QED) is 0.861. The molecule has 1 N–H and O–H groups in total. The predicted octanol–water partition coefficient (Wildman–Crippen LogP) is 1.30. The average Bonchev–Trinajstić information content (AvgIpc) is 2.67. The number of para-hydroxylation sites is 1. The SMILES string of the molecule is CCC(C)NC(=O)CN1CCN(C(=O)C2COc3ccccc3C2)CC1. The first kappa shape index (κ1) is 18.7.